The molecule has 0 atom stereocenters. The summed E-state index contributed by atoms with van der Waals surface area (Å²) in [5.41, 5.74) is 0.791. The van der Waals surface area contributed by atoms with Gasteiger partial charge in [0.15, 0.2) is 10.9 Å². The van der Waals surface area contributed by atoms with Gasteiger partial charge in [-0.2, -0.15) is 0 Å². The zero-order chi connectivity index (χ0) is 15.9. The molecule has 0 spiro atoms. The van der Waals surface area contributed by atoms with E-state index in [0.717, 1.165) is 5.69 Å². The van der Waals surface area contributed by atoms with Crippen LogP contribution in [0.4, 0.5) is 5.13 Å². The third kappa shape index (κ3) is 5.00. The lowest BCUT2D eigenvalue weighted by Crippen LogP contribution is -2.27. The highest BCUT2D eigenvalue weighted by Crippen LogP contribution is 2.17. The topological polar surface area (TPSA) is 84.2 Å². The molecule has 0 unspecified atom stereocenters. The Morgan fingerprint density at radius 3 is 2.91 bits per heavy atom. The lowest BCUT2D eigenvalue weighted by atomic mass is 10.2. The smallest absolute Gasteiger partial charge is 0.293 e. The van der Waals surface area contributed by atoms with Crippen LogP contribution in [0.5, 0.6) is 0 Å². The van der Waals surface area contributed by atoms with Gasteiger partial charge in [-0.1, -0.05) is 13.8 Å². The van der Waals surface area contributed by atoms with Gasteiger partial charge in [0.2, 0.25) is 5.91 Å². The molecule has 0 radical (unpaired) electrons. The SMILES string of the molecule is CC(C)CNC(=O)CCc1csc(NC(=O)c2ccco2)n1. The number of amides is 2. The lowest BCUT2D eigenvalue weighted by molar-refractivity contribution is -0.121. The molecular weight excluding hydrogens is 302 g/mol. The van der Waals surface area contributed by atoms with Crippen LogP contribution in [0.3, 0.4) is 0 Å². The molecule has 2 heterocycles. The van der Waals surface area contributed by atoms with E-state index in [9.17, 15) is 9.59 Å². The van der Waals surface area contributed by atoms with Crippen LogP contribution in [0.15, 0.2) is 28.2 Å². The van der Waals surface area contributed by atoms with Gasteiger partial charge in [-0.25, -0.2) is 4.98 Å². The fourth-order valence-electron chi connectivity index (χ4n) is 1.69. The Morgan fingerprint density at radius 1 is 1.41 bits per heavy atom. The number of hydrogen-bond donors (Lipinski definition) is 2. The van der Waals surface area contributed by atoms with Gasteiger partial charge in [0.25, 0.3) is 5.91 Å². The molecule has 0 saturated heterocycles. The number of carbonyl (C=O) groups is 2. The zero-order valence-electron chi connectivity index (χ0n) is 12.6. The number of rotatable bonds is 7. The third-order valence-corrected chi connectivity index (χ3v) is 3.64. The summed E-state index contributed by atoms with van der Waals surface area (Å²) in [5.74, 6) is 0.361. The van der Waals surface area contributed by atoms with Gasteiger partial charge >= 0.3 is 0 Å². The number of hydrogen-bond acceptors (Lipinski definition) is 5. The number of furan rings is 1. The van der Waals surface area contributed by atoms with Crippen molar-refractivity contribution < 1.29 is 14.0 Å². The minimum atomic E-state index is -0.333. The van der Waals surface area contributed by atoms with Crippen molar-refractivity contribution in [1.82, 2.24) is 10.3 Å². The Kier molecular flexibility index (Phi) is 5.71. The van der Waals surface area contributed by atoms with E-state index in [0.29, 0.717) is 30.4 Å². The fourth-order valence-corrected chi connectivity index (χ4v) is 2.43. The molecule has 0 aliphatic heterocycles. The first-order valence-corrected chi connectivity index (χ1v) is 7.98. The van der Waals surface area contributed by atoms with Crippen LogP contribution in [0, 0.1) is 5.92 Å². The van der Waals surface area contributed by atoms with E-state index in [1.807, 2.05) is 5.38 Å². The Hall–Kier alpha value is -2.15. The van der Waals surface area contributed by atoms with Gasteiger partial charge in [0, 0.05) is 18.3 Å². The Balaban J connectivity index is 1.79. The first-order valence-electron chi connectivity index (χ1n) is 7.10. The maximum atomic E-state index is 11.8. The predicted octanol–water partition coefficient (Wildman–Crippen LogP) is 2.69. The fraction of sp³-hybridized carbons (Fsp3) is 0.400. The van der Waals surface area contributed by atoms with E-state index < -0.39 is 0 Å². The number of nitrogens with zero attached hydrogens (tertiary/aromatic N) is 1. The summed E-state index contributed by atoms with van der Waals surface area (Å²) in [5, 5.41) is 7.87. The molecule has 0 saturated carbocycles. The van der Waals surface area contributed by atoms with Crippen LogP contribution < -0.4 is 10.6 Å². The summed E-state index contributed by atoms with van der Waals surface area (Å²) in [4.78, 5) is 27.7. The second kappa shape index (κ2) is 7.74. The van der Waals surface area contributed by atoms with Crippen LogP contribution in [0.1, 0.15) is 36.5 Å². The minimum Gasteiger partial charge on any atom is -0.459 e. The van der Waals surface area contributed by atoms with E-state index in [4.69, 9.17) is 4.42 Å². The van der Waals surface area contributed by atoms with Crippen molar-refractivity contribution in [2.45, 2.75) is 26.7 Å². The van der Waals surface area contributed by atoms with Crippen LogP contribution in [-0.2, 0) is 11.2 Å². The van der Waals surface area contributed by atoms with Gasteiger partial charge in [0.05, 0.1) is 12.0 Å². The zero-order valence-corrected chi connectivity index (χ0v) is 13.4. The summed E-state index contributed by atoms with van der Waals surface area (Å²) in [6.07, 6.45) is 2.39. The monoisotopic (exact) mass is 321 g/mol. The molecule has 2 aromatic rings. The number of aromatic nitrogens is 1. The van der Waals surface area contributed by atoms with Gasteiger partial charge < -0.3 is 9.73 Å². The molecular formula is C15H19N3O3S. The van der Waals surface area contributed by atoms with Crippen LogP contribution >= 0.6 is 11.3 Å². The summed E-state index contributed by atoms with van der Waals surface area (Å²) in [6, 6.07) is 3.24. The van der Waals surface area contributed by atoms with Gasteiger partial charge in [-0.15, -0.1) is 11.3 Å². The Morgan fingerprint density at radius 2 is 2.23 bits per heavy atom. The maximum Gasteiger partial charge on any atom is 0.293 e. The summed E-state index contributed by atoms with van der Waals surface area (Å²) in [7, 11) is 0. The lowest BCUT2D eigenvalue weighted by Gasteiger charge is -2.06. The van der Waals surface area contributed by atoms with Crippen molar-refractivity contribution in [2.24, 2.45) is 5.92 Å². The molecule has 118 valence electrons. The van der Waals surface area contributed by atoms with Crippen LogP contribution in [0.25, 0.3) is 0 Å². The Bertz CT molecular complexity index is 620. The van der Waals surface area contributed by atoms with Gasteiger partial charge in [-0.05, 0) is 24.5 Å². The summed E-state index contributed by atoms with van der Waals surface area (Å²) < 4.78 is 5.01. The van der Waals surface area contributed by atoms with Crippen molar-refractivity contribution in [3.8, 4) is 0 Å². The molecule has 2 amide bonds. The molecule has 6 nitrogen and oxygen atoms in total. The largest absolute Gasteiger partial charge is 0.459 e. The highest BCUT2D eigenvalue weighted by atomic mass is 32.1. The van der Waals surface area contributed by atoms with E-state index in [2.05, 4.69) is 29.5 Å². The van der Waals surface area contributed by atoms with E-state index >= 15 is 0 Å². The third-order valence-electron chi connectivity index (χ3n) is 2.83. The molecule has 0 aromatic carbocycles. The molecule has 0 aliphatic carbocycles. The van der Waals surface area contributed by atoms with Gasteiger partial charge in [-0.3, -0.25) is 14.9 Å². The van der Waals surface area contributed by atoms with E-state index in [-0.39, 0.29) is 17.6 Å². The average Bonchev–Trinajstić information content (AvgIpc) is 3.14. The molecule has 22 heavy (non-hydrogen) atoms. The van der Waals surface area contributed by atoms with E-state index in [1.54, 1.807) is 12.1 Å². The molecule has 2 rings (SSSR count). The highest BCUT2D eigenvalue weighted by Gasteiger charge is 2.12. The molecule has 2 aromatic heterocycles. The second-order valence-corrected chi connectivity index (χ2v) is 6.13. The minimum absolute atomic E-state index is 0.0165. The number of nitrogens with one attached hydrogen (secondary N) is 2. The first kappa shape index (κ1) is 16.2. The molecule has 2 N–H and O–H groups in total. The highest BCUT2D eigenvalue weighted by molar-refractivity contribution is 7.13. The van der Waals surface area contributed by atoms with Gasteiger partial charge in [0.1, 0.15) is 0 Å². The number of aryl methyl sites for hydroxylation is 1. The van der Waals surface area contributed by atoms with Crippen molar-refractivity contribution in [3.05, 3.63) is 35.2 Å². The standard InChI is InChI=1S/C15H19N3O3S/c1-10(2)8-16-13(19)6-5-11-9-22-15(17-11)18-14(20)12-4-3-7-21-12/h3-4,7,9-10H,5-6,8H2,1-2H3,(H,16,19)(H,17,18,20). The van der Waals surface area contributed by atoms with Crippen molar-refractivity contribution in [2.75, 3.05) is 11.9 Å². The first-order chi connectivity index (χ1) is 10.5. The van der Waals surface area contributed by atoms with Crippen LogP contribution in [0.2, 0.25) is 0 Å². The maximum absolute atomic E-state index is 11.8. The van der Waals surface area contributed by atoms with Crippen LogP contribution in [-0.4, -0.2) is 23.3 Å². The molecule has 0 aliphatic rings. The van der Waals surface area contributed by atoms with E-state index in [1.165, 1.54) is 17.6 Å². The normalized spacial score (nSPS) is 10.7. The predicted molar refractivity (Wildman–Crippen MR) is 84.9 cm³/mol. The summed E-state index contributed by atoms with van der Waals surface area (Å²) in [6.45, 7) is 4.78. The van der Waals surface area contributed by atoms with Crippen molar-refractivity contribution in [3.63, 3.8) is 0 Å². The molecule has 0 fully saturated rings. The number of thiazole rings is 1. The number of anilines is 1. The molecule has 7 heteroatoms. The van der Waals surface area contributed by atoms with Crippen molar-refractivity contribution in [1.29, 1.82) is 0 Å². The number of carbonyl (C=O) groups excluding carboxylic acids is 2. The second-order valence-electron chi connectivity index (χ2n) is 5.27. The Labute approximate surface area is 132 Å². The molecule has 0 bridgehead atoms. The average molecular weight is 321 g/mol. The summed E-state index contributed by atoms with van der Waals surface area (Å²) >= 11 is 1.33. The van der Waals surface area contributed by atoms with Crippen molar-refractivity contribution >= 4 is 28.3 Å². The quantitative estimate of drug-likeness (QED) is 0.821.